The number of nitrogens with one attached hydrogen (secondary N) is 1. The molecule has 0 atom stereocenters. The van der Waals surface area contributed by atoms with E-state index in [1.54, 1.807) is 30.3 Å². The normalized spacial score (nSPS) is 10.5. The van der Waals surface area contributed by atoms with Gasteiger partial charge >= 0.3 is 0 Å². The number of thiophene rings is 1. The van der Waals surface area contributed by atoms with E-state index in [1.807, 2.05) is 13.8 Å². The minimum absolute atomic E-state index is 0.188. The Labute approximate surface area is 154 Å². The molecule has 0 fully saturated rings. The van der Waals surface area contributed by atoms with Gasteiger partial charge in [-0.25, -0.2) is 4.39 Å². The maximum Gasteiger partial charge on any atom is 0.225 e. The zero-order valence-electron chi connectivity index (χ0n) is 14.4. The maximum absolute atomic E-state index is 13.8. The number of nitriles is 1. The van der Waals surface area contributed by atoms with E-state index < -0.39 is 0 Å². The van der Waals surface area contributed by atoms with Crippen LogP contribution in [0.4, 0.5) is 9.39 Å². The Kier molecular flexibility index (Phi) is 5.19. The second-order valence-corrected chi connectivity index (χ2v) is 7.12. The van der Waals surface area contributed by atoms with Crippen molar-refractivity contribution in [1.82, 2.24) is 0 Å². The molecule has 0 aliphatic rings. The van der Waals surface area contributed by atoms with Crippen molar-refractivity contribution >= 4 is 22.2 Å². The van der Waals surface area contributed by atoms with Gasteiger partial charge in [-0.05, 0) is 43.7 Å². The standard InChI is InChI=1S/C20H17FN2O2S/c1-12-13(2)26-20(16(12)11-22)23-19(24)10-8-14-7-9-18(25-14)15-5-3-4-6-17(15)21/h3-7,9H,8,10H2,1-2H3,(H,23,24). The van der Waals surface area contributed by atoms with Gasteiger partial charge in [-0.1, -0.05) is 12.1 Å². The van der Waals surface area contributed by atoms with Crippen molar-refractivity contribution in [2.45, 2.75) is 26.7 Å². The van der Waals surface area contributed by atoms with Crippen molar-refractivity contribution in [3.63, 3.8) is 0 Å². The fraction of sp³-hybridized carbons (Fsp3) is 0.200. The number of nitrogens with zero attached hydrogens (tertiary/aromatic N) is 1. The molecule has 4 nitrogen and oxygen atoms in total. The van der Waals surface area contributed by atoms with E-state index in [0.29, 0.717) is 34.1 Å². The van der Waals surface area contributed by atoms with Crippen LogP contribution >= 0.6 is 11.3 Å². The van der Waals surface area contributed by atoms with Crippen LogP contribution in [0, 0.1) is 31.0 Å². The van der Waals surface area contributed by atoms with Crippen LogP contribution in [0.15, 0.2) is 40.8 Å². The van der Waals surface area contributed by atoms with E-state index in [2.05, 4.69) is 11.4 Å². The van der Waals surface area contributed by atoms with Crippen molar-refractivity contribution in [2.75, 3.05) is 5.32 Å². The van der Waals surface area contributed by atoms with Crippen molar-refractivity contribution in [1.29, 1.82) is 5.26 Å². The summed E-state index contributed by atoms with van der Waals surface area (Å²) in [4.78, 5) is 13.2. The molecule has 26 heavy (non-hydrogen) atoms. The molecule has 0 saturated heterocycles. The summed E-state index contributed by atoms with van der Waals surface area (Å²) in [6.07, 6.45) is 0.608. The van der Waals surface area contributed by atoms with Crippen LogP contribution in [0.2, 0.25) is 0 Å². The Morgan fingerprint density at radius 2 is 2.04 bits per heavy atom. The van der Waals surface area contributed by atoms with Gasteiger partial charge in [0.1, 0.15) is 28.4 Å². The fourth-order valence-corrected chi connectivity index (χ4v) is 3.62. The minimum Gasteiger partial charge on any atom is -0.461 e. The molecule has 0 aliphatic carbocycles. The van der Waals surface area contributed by atoms with Gasteiger partial charge in [0.05, 0.1) is 11.1 Å². The van der Waals surface area contributed by atoms with Gasteiger partial charge < -0.3 is 9.73 Å². The molecule has 1 N–H and O–H groups in total. The summed E-state index contributed by atoms with van der Waals surface area (Å²) in [5.41, 5.74) is 1.81. The first kappa shape index (κ1) is 17.9. The molecule has 132 valence electrons. The molecular formula is C20H17FN2O2S. The first-order valence-corrected chi connectivity index (χ1v) is 8.94. The molecule has 6 heteroatoms. The zero-order valence-corrected chi connectivity index (χ0v) is 15.2. The highest BCUT2D eigenvalue weighted by atomic mass is 32.1. The van der Waals surface area contributed by atoms with Gasteiger partial charge in [-0.15, -0.1) is 11.3 Å². The quantitative estimate of drug-likeness (QED) is 0.672. The van der Waals surface area contributed by atoms with Crippen LogP contribution in [0.5, 0.6) is 0 Å². The molecule has 2 aromatic heterocycles. The molecule has 0 aliphatic heterocycles. The first-order chi connectivity index (χ1) is 12.5. The summed E-state index contributed by atoms with van der Waals surface area (Å²) in [7, 11) is 0. The fourth-order valence-electron chi connectivity index (χ4n) is 2.59. The lowest BCUT2D eigenvalue weighted by atomic mass is 10.1. The number of furan rings is 1. The summed E-state index contributed by atoms with van der Waals surface area (Å²) in [6, 6.07) is 12.0. The van der Waals surface area contributed by atoms with Gasteiger partial charge in [-0.3, -0.25) is 4.79 Å². The monoisotopic (exact) mass is 368 g/mol. The van der Waals surface area contributed by atoms with Crippen LogP contribution < -0.4 is 5.32 Å². The summed E-state index contributed by atoms with van der Waals surface area (Å²) < 4.78 is 19.4. The molecule has 0 radical (unpaired) electrons. The van der Waals surface area contributed by atoms with Gasteiger partial charge in [0.25, 0.3) is 0 Å². The number of halogens is 1. The Morgan fingerprint density at radius 1 is 1.27 bits per heavy atom. The van der Waals surface area contributed by atoms with E-state index in [9.17, 15) is 14.4 Å². The second-order valence-electron chi connectivity index (χ2n) is 5.89. The van der Waals surface area contributed by atoms with Crippen LogP contribution in [-0.4, -0.2) is 5.91 Å². The number of carbonyl (C=O) groups excluding carboxylic acids is 1. The van der Waals surface area contributed by atoms with Crippen LogP contribution in [0.3, 0.4) is 0 Å². The molecule has 1 aromatic carbocycles. The smallest absolute Gasteiger partial charge is 0.225 e. The van der Waals surface area contributed by atoms with Crippen molar-refractivity contribution < 1.29 is 13.6 Å². The predicted molar refractivity (Wildman–Crippen MR) is 99.6 cm³/mol. The number of aryl methyl sites for hydroxylation is 2. The lowest BCUT2D eigenvalue weighted by Gasteiger charge is -2.03. The highest BCUT2D eigenvalue weighted by Crippen LogP contribution is 2.32. The third kappa shape index (κ3) is 3.68. The first-order valence-electron chi connectivity index (χ1n) is 8.13. The Bertz CT molecular complexity index is 998. The summed E-state index contributed by atoms with van der Waals surface area (Å²) in [6.45, 7) is 3.79. The average molecular weight is 368 g/mol. The molecule has 3 rings (SSSR count). The molecule has 1 amide bonds. The lowest BCUT2D eigenvalue weighted by molar-refractivity contribution is -0.116. The predicted octanol–water partition coefficient (Wildman–Crippen LogP) is 5.21. The zero-order chi connectivity index (χ0) is 18.7. The van der Waals surface area contributed by atoms with Crippen LogP contribution in [0.1, 0.15) is 28.2 Å². The lowest BCUT2D eigenvalue weighted by Crippen LogP contribution is -2.12. The maximum atomic E-state index is 13.8. The summed E-state index contributed by atoms with van der Waals surface area (Å²) in [5, 5.41) is 12.6. The SMILES string of the molecule is Cc1sc(NC(=O)CCc2ccc(-c3ccccc3F)o2)c(C#N)c1C. The van der Waals surface area contributed by atoms with E-state index in [4.69, 9.17) is 4.42 Å². The minimum atomic E-state index is -0.349. The molecule has 0 bridgehead atoms. The molecule has 0 spiro atoms. The largest absolute Gasteiger partial charge is 0.461 e. The average Bonchev–Trinajstić information content (AvgIpc) is 3.19. The molecular weight excluding hydrogens is 351 g/mol. The molecule has 3 aromatic rings. The highest BCUT2D eigenvalue weighted by molar-refractivity contribution is 7.16. The number of anilines is 1. The number of hydrogen-bond acceptors (Lipinski definition) is 4. The van der Waals surface area contributed by atoms with Crippen molar-refractivity contribution in [3.05, 3.63) is 64.0 Å². The Morgan fingerprint density at radius 3 is 2.77 bits per heavy atom. The summed E-state index contributed by atoms with van der Waals surface area (Å²) >= 11 is 1.40. The Balaban J connectivity index is 1.63. The van der Waals surface area contributed by atoms with Crippen LogP contribution in [-0.2, 0) is 11.2 Å². The second kappa shape index (κ2) is 7.54. The van der Waals surface area contributed by atoms with Gasteiger partial charge in [-0.2, -0.15) is 5.26 Å². The highest BCUT2D eigenvalue weighted by Gasteiger charge is 2.15. The third-order valence-corrected chi connectivity index (χ3v) is 5.27. The molecule has 0 unspecified atom stereocenters. The van der Waals surface area contributed by atoms with Gasteiger partial charge in [0.2, 0.25) is 5.91 Å². The van der Waals surface area contributed by atoms with E-state index in [-0.39, 0.29) is 18.1 Å². The number of benzene rings is 1. The number of amides is 1. The Hall–Kier alpha value is -2.91. The van der Waals surface area contributed by atoms with Crippen molar-refractivity contribution in [2.24, 2.45) is 0 Å². The third-order valence-electron chi connectivity index (χ3n) is 4.15. The number of rotatable bonds is 5. The summed E-state index contributed by atoms with van der Waals surface area (Å²) in [5.74, 6) is 0.512. The topological polar surface area (TPSA) is 66.0 Å². The van der Waals surface area contributed by atoms with Crippen molar-refractivity contribution in [3.8, 4) is 17.4 Å². The number of hydrogen-bond donors (Lipinski definition) is 1. The van der Waals surface area contributed by atoms with E-state index >= 15 is 0 Å². The van der Waals surface area contributed by atoms with Gasteiger partial charge in [0, 0.05) is 17.7 Å². The molecule has 0 saturated carbocycles. The number of carbonyl (C=O) groups is 1. The van der Waals surface area contributed by atoms with Gasteiger partial charge in [0.15, 0.2) is 0 Å². The van der Waals surface area contributed by atoms with Crippen LogP contribution in [0.25, 0.3) is 11.3 Å². The van der Waals surface area contributed by atoms with E-state index in [1.165, 1.54) is 17.4 Å². The molecule has 2 heterocycles. The van der Waals surface area contributed by atoms with E-state index in [0.717, 1.165) is 10.4 Å².